The van der Waals surface area contributed by atoms with Crippen molar-refractivity contribution in [3.8, 4) is 0 Å². The topological polar surface area (TPSA) is 128 Å². The number of hydrogen-bond donors (Lipinski definition) is 3. The van der Waals surface area contributed by atoms with Gasteiger partial charge in [-0.25, -0.2) is 4.79 Å². The van der Waals surface area contributed by atoms with Gasteiger partial charge in [0.15, 0.2) is 6.10 Å². The van der Waals surface area contributed by atoms with Gasteiger partial charge < -0.3 is 30.3 Å². The molecule has 2 heterocycles. The molecule has 0 saturated carbocycles. The smallest absolute Gasteiger partial charge is 0.410 e. The molecular formula is C35H48N4O6S. The molecule has 0 radical (unpaired) electrons. The van der Waals surface area contributed by atoms with E-state index in [1.807, 2.05) is 75.4 Å². The van der Waals surface area contributed by atoms with Crippen molar-refractivity contribution in [2.24, 2.45) is 5.92 Å². The van der Waals surface area contributed by atoms with E-state index >= 15 is 0 Å². The zero-order valence-corrected chi connectivity index (χ0v) is 28.6. The highest BCUT2D eigenvalue weighted by atomic mass is 32.2. The summed E-state index contributed by atoms with van der Waals surface area (Å²) < 4.78 is 4.92. The highest BCUT2D eigenvalue weighted by Crippen LogP contribution is 2.40. The van der Waals surface area contributed by atoms with Gasteiger partial charge in [-0.15, -0.1) is 11.8 Å². The third kappa shape index (κ3) is 9.03. The number of carbonyl (C=O) groups is 4. The summed E-state index contributed by atoms with van der Waals surface area (Å²) in [6, 6.07) is 15.3. The molecule has 4 atom stereocenters. The van der Waals surface area contributed by atoms with Crippen molar-refractivity contribution in [2.45, 2.75) is 95.9 Å². The number of rotatable bonds is 9. The number of carbonyl (C=O) groups excluding carboxylic acids is 4. The predicted octanol–water partition coefficient (Wildman–Crippen LogP) is 4.03. The van der Waals surface area contributed by atoms with Gasteiger partial charge in [0, 0.05) is 24.4 Å². The predicted molar refractivity (Wildman–Crippen MR) is 179 cm³/mol. The first-order valence-electron chi connectivity index (χ1n) is 15.9. The van der Waals surface area contributed by atoms with Crippen LogP contribution < -0.4 is 10.6 Å². The van der Waals surface area contributed by atoms with E-state index < -0.39 is 46.5 Å². The molecule has 2 saturated heterocycles. The lowest BCUT2D eigenvalue weighted by Crippen LogP contribution is -2.59. The second kappa shape index (κ2) is 14.9. The Morgan fingerprint density at radius 2 is 1.72 bits per heavy atom. The number of thioether (sulfide) groups is 1. The van der Waals surface area contributed by atoms with E-state index in [0.29, 0.717) is 25.9 Å². The van der Waals surface area contributed by atoms with Crippen molar-refractivity contribution in [1.29, 1.82) is 0 Å². The molecule has 11 heteroatoms. The van der Waals surface area contributed by atoms with Crippen molar-refractivity contribution < 1.29 is 29.0 Å². The van der Waals surface area contributed by atoms with E-state index in [0.717, 1.165) is 16.7 Å². The van der Waals surface area contributed by atoms with E-state index in [1.165, 1.54) is 21.6 Å². The molecule has 4 rings (SSSR count). The maximum absolute atomic E-state index is 14.0. The number of amides is 4. The number of nitrogens with zero attached hydrogens (tertiary/aromatic N) is 2. The fraction of sp³-hybridized carbons (Fsp3) is 0.543. The Hall–Kier alpha value is -3.57. The van der Waals surface area contributed by atoms with Crippen molar-refractivity contribution in [3.05, 3.63) is 71.3 Å². The van der Waals surface area contributed by atoms with Gasteiger partial charge in [0.25, 0.3) is 5.91 Å². The average molecular weight is 653 g/mol. The van der Waals surface area contributed by atoms with Gasteiger partial charge in [0.1, 0.15) is 11.6 Å². The van der Waals surface area contributed by atoms with Crippen molar-refractivity contribution in [1.82, 2.24) is 20.4 Å². The van der Waals surface area contributed by atoms with Gasteiger partial charge in [0.05, 0.1) is 17.8 Å². The largest absolute Gasteiger partial charge is 0.444 e. The molecule has 2 aliphatic heterocycles. The van der Waals surface area contributed by atoms with Crippen LogP contribution in [-0.2, 0) is 32.1 Å². The summed E-state index contributed by atoms with van der Waals surface area (Å²) >= 11 is 1.47. The molecule has 10 nitrogen and oxygen atoms in total. The average Bonchev–Trinajstić information content (AvgIpc) is 3.33. The molecule has 2 aromatic rings. The first-order valence-corrected chi connectivity index (χ1v) is 16.9. The maximum Gasteiger partial charge on any atom is 0.410 e. The van der Waals surface area contributed by atoms with Crippen LogP contribution in [0.15, 0.2) is 54.6 Å². The standard InChI is InChI=1S/C35H48N4O6S/c1-23-13-10-11-16-25(23)20-36-31(42)29-35(5,6)46-22-39(29)32(43)28(40)27(19-24-14-8-7-9-15-24)37-30(41)26-17-12-18-38(21-26)33(44)45-34(2,3)4/h7-11,13-16,26-29,40H,12,17-22H2,1-6H3,(H,36,42)(H,37,41). The van der Waals surface area contributed by atoms with Crippen LogP contribution in [0.1, 0.15) is 64.2 Å². The van der Waals surface area contributed by atoms with Gasteiger partial charge in [0.2, 0.25) is 11.8 Å². The maximum atomic E-state index is 14.0. The van der Waals surface area contributed by atoms with Crippen molar-refractivity contribution >= 4 is 35.6 Å². The zero-order chi connectivity index (χ0) is 33.6. The van der Waals surface area contributed by atoms with Gasteiger partial charge in [-0.2, -0.15) is 0 Å². The van der Waals surface area contributed by atoms with Gasteiger partial charge in [-0.3, -0.25) is 14.4 Å². The van der Waals surface area contributed by atoms with E-state index in [-0.39, 0.29) is 30.7 Å². The van der Waals surface area contributed by atoms with Crippen LogP contribution in [0.2, 0.25) is 0 Å². The van der Waals surface area contributed by atoms with Gasteiger partial charge >= 0.3 is 6.09 Å². The summed E-state index contributed by atoms with van der Waals surface area (Å²) in [6.07, 6.45) is -0.677. The summed E-state index contributed by atoms with van der Waals surface area (Å²) in [5.74, 6) is -1.56. The molecule has 0 aromatic heterocycles. The lowest BCUT2D eigenvalue weighted by Gasteiger charge is -2.35. The molecule has 4 amide bonds. The lowest BCUT2D eigenvalue weighted by molar-refractivity contribution is -0.148. The fourth-order valence-corrected chi connectivity index (χ4v) is 7.08. The summed E-state index contributed by atoms with van der Waals surface area (Å²) in [4.78, 5) is 56.9. The Labute approximate surface area is 276 Å². The number of piperidine rings is 1. The monoisotopic (exact) mass is 652 g/mol. The van der Waals surface area contributed by atoms with Crippen LogP contribution in [0, 0.1) is 12.8 Å². The Morgan fingerprint density at radius 1 is 1.04 bits per heavy atom. The Balaban J connectivity index is 1.50. The lowest BCUT2D eigenvalue weighted by atomic mass is 9.94. The molecule has 46 heavy (non-hydrogen) atoms. The number of likely N-dealkylation sites (tertiary alicyclic amines) is 1. The second-order valence-electron chi connectivity index (χ2n) is 13.7. The van der Waals surface area contributed by atoms with Crippen LogP contribution in [0.5, 0.6) is 0 Å². The van der Waals surface area contributed by atoms with E-state index in [1.54, 1.807) is 20.8 Å². The Morgan fingerprint density at radius 3 is 2.39 bits per heavy atom. The molecule has 3 N–H and O–H groups in total. The molecule has 250 valence electrons. The molecule has 2 aromatic carbocycles. The number of aliphatic hydroxyl groups is 1. The Bertz CT molecular complexity index is 1390. The van der Waals surface area contributed by atoms with E-state index in [2.05, 4.69) is 10.6 Å². The summed E-state index contributed by atoms with van der Waals surface area (Å²) in [5, 5.41) is 17.5. The summed E-state index contributed by atoms with van der Waals surface area (Å²) in [5.41, 5.74) is 2.21. The zero-order valence-electron chi connectivity index (χ0n) is 27.7. The van der Waals surface area contributed by atoms with Crippen LogP contribution in [0.3, 0.4) is 0 Å². The first kappa shape index (κ1) is 35.3. The number of benzene rings is 2. The fourth-order valence-electron chi connectivity index (χ4n) is 5.94. The molecule has 2 fully saturated rings. The van der Waals surface area contributed by atoms with Gasteiger partial charge in [-0.05, 0) is 77.5 Å². The highest BCUT2D eigenvalue weighted by molar-refractivity contribution is 8.00. The molecule has 0 spiro atoms. The minimum Gasteiger partial charge on any atom is -0.444 e. The second-order valence-corrected chi connectivity index (χ2v) is 15.3. The quantitative estimate of drug-likeness (QED) is 0.373. The van der Waals surface area contributed by atoms with Gasteiger partial charge in [-0.1, -0.05) is 54.6 Å². The minimum atomic E-state index is -1.60. The van der Waals surface area contributed by atoms with E-state index in [4.69, 9.17) is 4.74 Å². The number of hydrogen-bond acceptors (Lipinski definition) is 7. The van der Waals surface area contributed by atoms with E-state index in [9.17, 15) is 24.3 Å². The summed E-state index contributed by atoms with van der Waals surface area (Å²) in [6.45, 7) is 12.2. The third-order valence-electron chi connectivity index (χ3n) is 8.50. The van der Waals surface area contributed by atoms with Crippen LogP contribution in [0.25, 0.3) is 0 Å². The number of aryl methyl sites for hydroxylation is 1. The first-order chi connectivity index (χ1) is 21.7. The molecule has 0 bridgehead atoms. The van der Waals surface area contributed by atoms with Crippen molar-refractivity contribution in [3.63, 3.8) is 0 Å². The highest BCUT2D eigenvalue weighted by Gasteiger charge is 2.50. The number of nitrogens with one attached hydrogen (secondary N) is 2. The Kier molecular flexibility index (Phi) is 11.4. The third-order valence-corrected chi connectivity index (χ3v) is 9.87. The molecule has 4 unspecified atom stereocenters. The molecule has 0 aliphatic carbocycles. The number of ether oxygens (including phenoxy) is 1. The number of aliphatic hydroxyl groups excluding tert-OH is 1. The minimum absolute atomic E-state index is 0.183. The van der Waals surface area contributed by atoms with Crippen LogP contribution in [0.4, 0.5) is 4.79 Å². The van der Waals surface area contributed by atoms with Crippen molar-refractivity contribution in [2.75, 3.05) is 19.0 Å². The normalized spacial score (nSPS) is 20.8. The molecular weight excluding hydrogens is 604 g/mol. The summed E-state index contributed by atoms with van der Waals surface area (Å²) in [7, 11) is 0. The SMILES string of the molecule is Cc1ccccc1CNC(=O)C1N(C(=O)C(O)C(Cc2ccccc2)NC(=O)C2CCCN(C(=O)OC(C)(C)C)C2)CSC1(C)C. The van der Waals surface area contributed by atoms with Crippen LogP contribution in [-0.4, -0.2) is 86.2 Å². The molecule has 2 aliphatic rings. The van der Waals surface area contributed by atoms with Crippen LogP contribution >= 0.6 is 11.8 Å².